The fourth-order valence-electron chi connectivity index (χ4n) is 8.24. The van der Waals surface area contributed by atoms with Crippen molar-refractivity contribution in [2.24, 2.45) is 60.8 Å². The lowest BCUT2D eigenvalue weighted by Crippen LogP contribution is -2.60. The number of carbonyl (C=O) groups excluding carboxylic acids is 6. The lowest BCUT2D eigenvalue weighted by Gasteiger charge is -2.27. The molecule has 4 aromatic rings. The fraction of sp³-hybridized carbons (Fsp3) is 0.469. The third-order valence-electron chi connectivity index (χ3n) is 12.3. The highest BCUT2D eigenvalue weighted by Crippen LogP contribution is 2.22. The van der Waals surface area contributed by atoms with E-state index < -0.39 is 83.7 Å². The molecule has 0 unspecified atom stereocenters. The van der Waals surface area contributed by atoms with Gasteiger partial charge in [0.15, 0.2) is 17.9 Å². The molecule has 0 saturated heterocycles. The number of carboxylic acids is 1. The van der Waals surface area contributed by atoms with Crippen molar-refractivity contribution in [1.82, 2.24) is 41.9 Å². The van der Waals surface area contributed by atoms with Crippen molar-refractivity contribution in [2.45, 2.75) is 113 Å². The van der Waals surface area contributed by atoms with Crippen LogP contribution in [0.1, 0.15) is 68.9 Å². The van der Waals surface area contributed by atoms with E-state index in [2.05, 4.69) is 69.5 Å². The molecule has 0 aliphatic rings. The van der Waals surface area contributed by atoms with Gasteiger partial charge in [-0.2, -0.15) is 12.6 Å². The van der Waals surface area contributed by atoms with E-state index in [1.165, 1.54) is 0 Å². The first-order valence-corrected chi connectivity index (χ1v) is 25.8. The quantitative estimate of drug-likeness (QED) is 0.00958. The van der Waals surface area contributed by atoms with Crippen molar-refractivity contribution >= 4 is 93.7 Å². The van der Waals surface area contributed by atoms with Crippen molar-refractivity contribution in [3.8, 4) is 0 Å². The number of hydrogen-bond acceptors (Lipinski definition) is 13. The molecule has 0 spiro atoms. The number of aromatic amines is 2. The molecule has 0 bridgehead atoms. The van der Waals surface area contributed by atoms with E-state index in [0.717, 1.165) is 21.8 Å². The molecule has 0 aliphatic carbocycles. The number of hydrogen-bond donors (Lipinski definition) is 18. The van der Waals surface area contributed by atoms with Crippen LogP contribution in [0, 0.1) is 0 Å². The van der Waals surface area contributed by atoms with Crippen molar-refractivity contribution in [1.29, 1.82) is 0 Å². The first-order chi connectivity index (χ1) is 36.8. The number of carbonyl (C=O) groups is 7. The molecule has 0 fully saturated rings. The monoisotopic (exact) mass is 1090 g/mol. The van der Waals surface area contributed by atoms with Gasteiger partial charge in [0.1, 0.15) is 36.3 Å². The minimum atomic E-state index is -1.42. The summed E-state index contributed by atoms with van der Waals surface area (Å²) in [6.45, 7) is 0.723. The molecule has 27 nitrogen and oxygen atoms in total. The Labute approximate surface area is 450 Å². The van der Waals surface area contributed by atoms with Crippen LogP contribution in [0.15, 0.2) is 75.9 Å². The number of aliphatic imine (C=N–C) groups is 3. The Morgan fingerprint density at radius 2 is 0.857 bits per heavy atom. The molecule has 28 heteroatoms. The molecule has 4 rings (SSSR count). The predicted molar refractivity (Wildman–Crippen MR) is 298 cm³/mol. The number of nitrogens with one attached hydrogen (secondary N) is 8. The van der Waals surface area contributed by atoms with Gasteiger partial charge in [-0.25, -0.2) is 4.79 Å². The number of aliphatic carboxylic acids is 1. The fourth-order valence-corrected chi connectivity index (χ4v) is 8.50. The Kier molecular flexibility index (Phi) is 25.3. The number of benzene rings is 2. The second kappa shape index (κ2) is 31.7. The normalized spacial score (nSPS) is 13.8. The summed E-state index contributed by atoms with van der Waals surface area (Å²) in [6, 6.07) is 5.45. The maximum absolute atomic E-state index is 14.9. The number of rotatable bonds is 34. The first-order valence-electron chi connectivity index (χ1n) is 25.2. The maximum atomic E-state index is 14.9. The molecule has 25 N–H and O–H groups in total. The average molecular weight is 1090 g/mol. The van der Waals surface area contributed by atoms with Gasteiger partial charge in [0.2, 0.25) is 35.4 Å². The van der Waals surface area contributed by atoms with E-state index in [4.69, 9.17) is 45.9 Å². The number of aromatic nitrogens is 2. The van der Waals surface area contributed by atoms with Crippen LogP contribution in [0.3, 0.4) is 0 Å². The lowest BCUT2D eigenvalue weighted by atomic mass is 10.0. The molecule has 6 amide bonds. The van der Waals surface area contributed by atoms with Gasteiger partial charge in [0, 0.05) is 72.4 Å². The molecular weight excluding hydrogens is 1010 g/mol. The summed E-state index contributed by atoms with van der Waals surface area (Å²) in [5.74, 6) is -6.80. The summed E-state index contributed by atoms with van der Waals surface area (Å²) in [7, 11) is 0. The summed E-state index contributed by atoms with van der Waals surface area (Å²) < 4.78 is 0. The predicted octanol–water partition coefficient (Wildman–Crippen LogP) is -3.03. The number of thiol groups is 1. The van der Waals surface area contributed by atoms with Gasteiger partial charge >= 0.3 is 5.97 Å². The van der Waals surface area contributed by atoms with E-state index in [0.29, 0.717) is 36.9 Å². The summed E-state index contributed by atoms with van der Waals surface area (Å²) in [6.07, 6.45) is 5.08. The zero-order chi connectivity index (χ0) is 56.4. The van der Waals surface area contributed by atoms with Crippen LogP contribution in [0.4, 0.5) is 0 Å². The maximum Gasteiger partial charge on any atom is 0.326 e. The molecule has 77 heavy (non-hydrogen) atoms. The molecule has 0 aliphatic heterocycles. The SMILES string of the molecule is NCCCC[C@H](NC(=O)[C@H](CCCN=C(N)N)NC(=O)[C@H](CS)NC(=O)[C@H](Cc1c[nH]c2ccccc12)NC(=O)[C@H](Cc1c[nH]c2ccccc12)NC(=O)[C@H](CCCN=C(N)N)NC(=O)[C@@H](N)CCCN=C(N)N)C(=O)O. The Morgan fingerprint density at radius 3 is 1.29 bits per heavy atom. The zero-order valence-electron chi connectivity index (χ0n) is 42.8. The Bertz CT molecular complexity index is 2700. The van der Waals surface area contributed by atoms with Crippen LogP contribution < -0.4 is 77.8 Å². The van der Waals surface area contributed by atoms with Crippen LogP contribution in [0.25, 0.3) is 21.8 Å². The minimum Gasteiger partial charge on any atom is -0.480 e. The van der Waals surface area contributed by atoms with Gasteiger partial charge in [0.25, 0.3) is 0 Å². The summed E-state index contributed by atoms with van der Waals surface area (Å²) in [5, 5.41) is 27.5. The number of carboxylic acid groups (broad SMARTS) is 1. The molecule has 2 aromatic carbocycles. The molecule has 0 saturated carbocycles. The van der Waals surface area contributed by atoms with Crippen LogP contribution >= 0.6 is 12.6 Å². The van der Waals surface area contributed by atoms with E-state index in [9.17, 15) is 38.7 Å². The number of nitrogens with zero attached hydrogens (tertiary/aromatic N) is 3. The Morgan fingerprint density at radius 1 is 0.494 bits per heavy atom. The molecular formula is C49H75N19O8S. The third-order valence-corrected chi connectivity index (χ3v) is 12.7. The van der Waals surface area contributed by atoms with E-state index in [1.54, 1.807) is 18.5 Å². The summed E-state index contributed by atoms with van der Waals surface area (Å²) in [4.78, 5) is 116. The second-order valence-corrected chi connectivity index (χ2v) is 18.6. The van der Waals surface area contributed by atoms with Crippen molar-refractivity contribution in [3.63, 3.8) is 0 Å². The van der Waals surface area contributed by atoms with Gasteiger partial charge in [-0.05, 0) is 87.6 Å². The largest absolute Gasteiger partial charge is 0.480 e. The summed E-state index contributed by atoms with van der Waals surface area (Å²) >= 11 is 4.37. The van der Waals surface area contributed by atoms with E-state index >= 15 is 0 Å². The van der Waals surface area contributed by atoms with Gasteiger partial charge in [-0.3, -0.25) is 43.7 Å². The van der Waals surface area contributed by atoms with E-state index in [-0.39, 0.29) is 94.6 Å². The highest BCUT2D eigenvalue weighted by atomic mass is 32.1. The van der Waals surface area contributed by atoms with Gasteiger partial charge in [-0.1, -0.05) is 36.4 Å². The Balaban J connectivity index is 1.67. The standard InChI is InChI=1S/C49H75N19O8S/c50-18-6-5-15-36(46(75)76)65-41(70)35(17-9-21-60-49(56)57)64-45(74)39(26-77)68-44(73)38(23-28-25-62-33-14-4-2-11-30(28)33)67-43(72)37(22-27-24-61-32-13-3-1-10-29(27)32)66-42(71)34(16-8-20-59-48(54)55)63-40(69)31(51)12-7-19-58-47(52)53/h1-4,10-11,13-14,24-25,31,34-39,61-62,77H,5-9,12,15-23,26,50-51H2,(H,63,69)(H,64,74)(H,65,70)(H,66,71)(H,67,72)(H,68,73)(H,75,76)(H4,52,53,58)(H4,54,55,59)(H4,56,57,60)/t31-,34-,35-,36-,37-,38-,39-/m0/s1. The van der Waals surface area contributed by atoms with Gasteiger partial charge in [0.05, 0.1) is 6.04 Å². The zero-order valence-corrected chi connectivity index (χ0v) is 43.7. The number of amides is 6. The molecule has 420 valence electrons. The van der Waals surface area contributed by atoms with Crippen molar-refractivity contribution < 1.29 is 38.7 Å². The molecule has 7 atom stereocenters. The van der Waals surface area contributed by atoms with Crippen LogP contribution in [0.5, 0.6) is 0 Å². The minimum absolute atomic E-state index is 0.0169. The van der Waals surface area contributed by atoms with Gasteiger partial charge < -0.3 is 92.8 Å². The summed E-state index contributed by atoms with van der Waals surface area (Å²) in [5.41, 5.74) is 47.4. The second-order valence-electron chi connectivity index (χ2n) is 18.3. The number of nitrogens with two attached hydrogens (primary N) is 8. The van der Waals surface area contributed by atoms with Crippen LogP contribution in [-0.4, -0.2) is 149 Å². The molecule has 2 heterocycles. The van der Waals surface area contributed by atoms with Gasteiger partial charge in [-0.15, -0.1) is 0 Å². The lowest BCUT2D eigenvalue weighted by molar-refractivity contribution is -0.142. The average Bonchev–Trinajstić information content (AvgIpc) is 4.00. The number of para-hydroxylation sites is 2. The topological polar surface area (TPSA) is 489 Å². The Hall–Kier alpha value is -8.11. The van der Waals surface area contributed by atoms with Crippen LogP contribution in [-0.2, 0) is 46.4 Å². The number of fused-ring (bicyclic) bond motifs is 2. The van der Waals surface area contributed by atoms with Crippen molar-refractivity contribution in [3.05, 3.63) is 72.1 Å². The van der Waals surface area contributed by atoms with E-state index in [1.807, 2.05) is 42.5 Å². The van der Waals surface area contributed by atoms with Crippen molar-refractivity contribution in [2.75, 3.05) is 31.9 Å². The number of H-pyrrole nitrogens is 2. The molecule has 2 aromatic heterocycles. The number of unbranched alkanes of at least 4 members (excludes halogenated alkanes) is 1. The third kappa shape index (κ3) is 20.5. The molecule has 0 radical (unpaired) electrons. The highest BCUT2D eigenvalue weighted by Gasteiger charge is 2.34. The number of guanidine groups is 3. The first kappa shape index (κ1) is 61.4. The van der Waals surface area contributed by atoms with Crippen LogP contribution in [0.2, 0.25) is 0 Å². The smallest absolute Gasteiger partial charge is 0.326 e. The highest BCUT2D eigenvalue weighted by molar-refractivity contribution is 7.80.